The SMILES string of the molecule is C=CCc1cccc(-c2ccc(CO)cc2)c1. The van der Waals surface area contributed by atoms with E-state index in [9.17, 15) is 0 Å². The zero-order valence-corrected chi connectivity index (χ0v) is 9.76. The monoisotopic (exact) mass is 224 g/mol. The summed E-state index contributed by atoms with van der Waals surface area (Å²) in [5, 5.41) is 9.00. The van der Waals surface area contributed by atoms with Crippen molar-refractivity contribution in [2.45, 2.75) is 13.0 Å². The minimum atomic E-state index is 0.0940. The van der Waals surface area contributed by atoms with Crippen LogP contribution in [-0.4, -0.2) is 5.11 Å². The van der Waals surface area contributed by atoms with E-state index in [2.05, 4.69) is 30.8 Å². The molecule has 0 fully saturated rings. The van der Waals surface area contributed by atoms with Crippen molar-refractivity contribution >= 4 is 0 Å². The number of rotatable bonds is 4. The molecule has 2 aromatic rings. The van der Waals surface area contributed by atoms with Crippen molar-refractivity contribution in [2.24, 2.45) is 0 Å². The van der Waals surface area contributed by atoms with Crippen molar-refractivity contribution in [1.29, 1.82) is 0 Å². The molecule has 0 bridgehead atoms. The fraction of sp³-hybridized carbons (Fsp3) is 0.125. The van der Waals surface area contributed by atoms with Gasteiger partial charge in [-0.2, -0.15) is 0 Å². The van der Waals surface area contributed by atoms with Gasteiger partial charge in [-0.05, 0) is 28.7 Å². The first-order chi connectivity index (χ1) is 8.33. The molecule has 0 spiro atoms. The van der Waals surface area contributed by atoms with Gasteiger partial charge in [-0.1, -0.05) is 54.6 Å². The van der Waals surface area contributed by atoms with Gasteiger partial charge >= 0.3 is 0 Å². The second-order valence-corrected chi connectivity index (χ2v) is 4.05. The molecular formula is C16H16O. The number of hydrogen-bond donors (Lipinski definition) is 1. The summed E-state index contributed by atoms with van der Waals surface area (Å²) in [4.78, 5) is 0. The first-order valence-corrected chi connectivity index (χ1v) is 5.73. The van der Waals surface area contributed by atoms with Crippen molar-refractivity contribution in [1.82, 2.24) is 0 Å². The van der Waals surface area contributed by atoms with Crippen LogP contribution in [0.3, 0.4) is 0 Å². The molecular weight excluding hydrogens is 208 g/mol. The van der Waals surface area contributed by atoms with Crippen molar-refractivity contribution < 1.29 is 5.11 Å². The lowest BCUT2D eigenvalue weighted by Gasteiger charge is -2.05. The second-order valence-electron chi connectivity index (χ2n) is 4.05. The average Bonchev–Trinajstić information content (AvgIpc) is 2.40. The molecule has 1 nitrogen and oxygen atoms in total. The summed E-state index contributed by atoms with van der Waals surface area (Å²) >= 11 is 0. The van der Waals surface area contributed by atoms with Gasteiger partial charge in [-0.15, -0.1) is 6.58 Å². The lowest BCUT2D eigenvalue weighted by atomic mass is 10.0. The minimum absolute atomic E-state index is 0.0940. The van der Waals surface area contributed by atoms with Crippen LogP contribution in [0.4, 0.5) is 0 Å². The van der Waals surface area contributed by atoms with Crippen LogP contribution < -0.4 is 0 Å². The predicted octanol–water partition coefficient (Wildman–Crippen LogP) is 3.57. The van der Waals surface area contributed by atoms with E-state index in [-0.39, 0.29) is 6.61 Å². The maximum absolute atomic E-state index is 9.00. The third-order valence-electron chi connectivity index (χ3n) is 2.78. The zero-order valence-electron chi connectivity index (χ0n) is 9.76. The molecule has 0 aliphatic heterocycles. The first-order valence-electron chi connectivity index (χ1n) is 5.73. The van der Waals surface area contributed by atoms with Crippen LogP contribution in [0.15, 0.2) is 61.2 Å². The average molecular weight is 224 g/mol. The topological polar surface area (TPSA) is 20.2 Å². The number of allylic oxidation sites excluding steroid dienone is 1. The fourth-order valence-electron chi connectivity index (χ4n) is 1.85. The highest BCUT2D eigenvalue weighted by atomic mass is 16.3. The molecule has 0 saturated heterocycles. The highest BCUT2D eigenvalue weighted by Crippen LogP contribution is 2.21. The molecule has 2 aromatic carbocycles. The van der Waals surface area contributed by atoms with E-state index < -0.39 is 0 Å². The molecule has 0 aliphatic rings. The van der Waals surface area contributed by atoms with E-state index in [4.69, 9.17) is 5.11 Å². The Morgan fingerprint density at radius 1 is 0.941 bits per heavy atom. The molecule has 1 N–H and O–H groups in total. The molecule has 0 atom stereocenters. The molecule has 0 aliphatic carbocycles. The van der Waals surface area contributed by atoms with Crippen LogP contribution in [-0.2, 0) is 13.0 Å². The summed E-state index contributed by atoms with van der Waals surface area (Å²) in [5.41, 5.74) is 4.58. The normalized spacial score (nSPS) is 10.2. The summed E-state index contributed by atoms with van der Waals surface area (Å²) in [6.45, 7) is 3.85. The van der Waals surface area contributed by atoms with Crippen LogP contribution in [0.5, 0.6) is 0 Å². The Labute approximate surface area is 102 Å². The van der Waals surface area contributed by atoms with Gasteiger partial charge in [0.25, 0.3) is 0 Å². The Morgan fingerprint density at radius 3 is 2.35 bits per heavy atom. The van der Waals surface area contributed by atoms with Gasteiger partial charge in [0.15, 0.2) is 0 Å². The summed E-state index contributed by atoms with van der Waals surface area (Å²) < 4.78 is 0. The smallest absolute Gasteiger partial charge is 0.0681 e. The van der Waals surface area contributed by atoms with Gasteiger partial charge in [-0.25, -0.2) is 0 Å². The van der Waals surface area contributed by atoms with E-state index in [1.807, 2.05) is 30.3 Å². The molecule has 0 saturated carbocycles. The van der Waals surface area contributed by atoms with E-state index in [0.717, 1.165) is 12.0 Å². The van der Waals surface area contributed by atoms with Crippen LogP contribution in [0, 0.1) is 0 Å². The van der Waals surface area contributed by atoms with Gasteiger partial charge in [0.1, 0.15) is 0 Å². The molecule has 0 amide bonds. The summed E-state index contributed by atoms with van der Waals surface area (Å²) in [7, 11) is 0. The summed E-state index contributed by atoms with van der Waals surface area (Å²) in [5.74, 6) is 0. The Morgan fingerprint density at radius 2 is 1.71 bits per heavy atom. The standard InChI is InChI=1S/C16H16O/c1-2-4-13-5-3-6-16(11-13)15-9-7-14(12-17)8-10-15/h2-3,5-11,17H,1,4,12H2. The van der Waals surface area contributed by atoms with Crippen molar-refractivity contribution in [2.75, 3.05) is 0 Å². The maximum atomic E-state index is 9.00. The predicted molar refractivity (Wildman–Crippen MR) is 71.7 cm³/mol. The molecule has 1 heteroatoms. The zero-order chi connectivity index (χ0) is 12.1. The van der Waals surface area contributed by atoms with Crippen molar-refractivity contribution in [3.05, 3.63) is 72.3 Å². The molecule has 0 unspecified atom stereocenters. The third kappa shape index (κ3) is 2.83. The Kier molecular flexibility index (Phi) is 3.73. The molecule has 17 heavy (non-hydrogen) atoms. The summed E-state index contributed by atoms with van der Waals surface area (Å²) in [6, 6.07) is 16.4. The fourth-order valence-corrected chi connectivity index (χ4v) is 1.85. The number of hydrogen-bond acceptors (Lipinski definition) is 1. The van der Waals surface area contributed by atoms with E-state index in [1.54, 1.807) is 0 Å². The highest BCUT2D eigenvalue weighted by molar-refractivity contribution is 5.64. The first kappa shape index (κ1) is 11.6. The van der Waals surface area contributed by atoms with Gasteiger partial charge in [-0.3, -0.25) is 0 Å². The number of aliphatic hydroxyl groups is 1. The lowest BCUT2D eigenvalue weighted by Crippen LogP contribution is -1.85. The Bertz CT molecular complexity index is 497. The van der Waals surface area contributed by atoms with E-state index in [1.165, 1.54) is 16.7 Å². The molecule has 0 aromatic heterocycles. The molecule has 2 rings (SSSR count). The Hall–Kier alpha value is -1.86. The van der Waals surface area contributed by atoms with E-state index >= 15 is 0 Å². The minimum Gasteiger partial charge on any atom is -0.392 e. The largest absolute Gasteiger partial charge is 0.392 e. The van der Waals surface area contributed by atoms with Crippen LogP contribution in [0.2, 0.25) is 0 Å². The quantitative estimate of drug-likeness (QED) is 0.787. The van der Waals surface area contributed by atoms with Gasteiger partial charge in [0, 0.05) is 0 Å². The molecule has 86 valence electrons. The third-order valence-corrected chi connectivity index (χ3v) is 2.78. The van der Waals surface area contributed by atoms with Gasteiger partial charge in [0.2, 0.25) is 0 Å². The lowest BCUT2D eigenvalue weighted by molar-refractivity contribution is 0.282. The van der Waals surface area contributed by atoms with Crippen LogP contribution in [0.1, 0.15) is 11.1 Å². The molecule has 0 heterocycles. The second kappa shape index (κ2) is 5.46. The van der Waals surface area contributed by atoms with Gasteiger partial charge in [0.05, 0.1) is 6.61 Å². The number of benzene rings is 2. The van der Waals surface area contributed by atoms with Crippen LogP contribution >= 0.6 is 0 Å². The Balaban J connectivity index is 2.31. The van der Waals surface area contributed by atoms with Crippen LogP contribution in [0.25, 0.3) is 11.1 Å². The maximum Gasteiger partial charge on any atom is 0.0681 e. The number of aliphatic hydroxyl groups excluding tert-OH is 1. The molecule has 0 radical (unpaired) electrons. The van der Waals surface area contributed by atoms with Crippen molar-refractivity contribution in [3.8, 4) is 11.1 Å². The van der Waals surface area contributed by atoms with E-state index in [0.29, 0.717) is 0 Å². The summed E-state index contributed by atoms with van der Waals surface area (Å²) in [6.07, 6.45) is 2.80. The van der Waals surface area contributed by atoms with Crippen molar-refractivity contribution in [3.63, 3.8) is 0 Å². The highest BCUT2D eigenvalue weighted by Gasteiger charge is 1.99. The van der Waals surface area contributed by atoms with Gasteiger partial charge < -0.3 is 5.11 Å².